The Bertz CT molecular complexity index is 722. The summed E-state index contributed by atoms with van der Waals surface area (Å²) < 4.78 is 4.98. The van der Waals surface area contributed by atoms with Crippen LogP contribution in [-0.2, 0) is 20.7 Å². The molecule has 0 spiro atoms. The Labute approximate surface area is 181 Å². The van der Waals surface area contributed by atoms with Crippen LogP contribution in [0.15, 0.2) is 18.2 Å². The second-order valence-corrected chi connectivity index (χ2v) is 7.74. The van der Waals surface area contributed by atoms with E-state index in [0.717, 1.165) is 0 Å². The molecule has 1 heterocycles. The Hall–Kier alpha value is -1.99. The van der Waals surface area contributed by atoms with Gasteiger partial charge in [0, 0.05) is 42.1 Å². The first kappa shape index (κ1) is 23.3. The van der Waals surface area contributed by atoms with Crippen molar-refractivity contribution in [3.05, 3.63) is 33.8 Å². The predicted molar refractivity (Wildman–Crippen MR) is 112 cm³/mol. The maximum atomic E-state index is 12.1. The van der Waals surface area contributed by atoms with Gasteiger partial charge >= 0.3 is 6.09 Å². The highest BCUT2D eigenvalue weighted by Crippen LogP contribution is 2.21. The maximum Gasteiger partial charge on any atom is 0.409 e. The van der Waals surface area contributed by atoms with Crippen LogP contribution in [0, 0.1) is 0 Å². The normalized spacial score (nSPS) is 14.4. The lowest BCUT2D eigenvalue weighted by atomic mass is 10.1. The first-order valence-electron chi connectivity index (χ1n) is 9.80. The van der Waals surface area contributed by atoms with E-state index in [1.54, 1.807) is 30.0 Å². The molecule has 160 valence electrons. The number of ether oxygens (including phenoxy) is 1. The first-order chi connectivity index (χ1) is 13.9. The number of carbonyl (C=O) groups is 3. The van der Waals surface area contributed by atoms with Crippen molar-refractivity contribution in [1.29, 1.82) is 0 Å². The summed E-state index contributed by atoms with van der Waals surface area (Å²) in [7, 11) is 0. The van der Waals surface area contributed by atoms with Gasteiger partial charge in [-0.05, 0) is 43.9 Å². The average molecular weight is 444 g/mol. The van der Waals surface area contributed by atoms with Gasteiger partial charge in [-0.1, -0.05) is 29.3 Å². The molecule has 0 aromatic heterocycles. The zero-order valence-electron chi connectivity index (χ0n) is 16.5. The summed E-state index contributed by atoms with van der Waals surface area (Å²) in [5.74, 6) is -0.199. The quantitative estimate of drug-likeness (QED) is 0.603. The highest BCUT2D eigenvalue weighted by Gasteiger charge is 2.24. The Morgan fingerprint density at radius 1 is 1.17 bits per heavy atom. The number of carbonyl (C=O) groups excluding carboxylic acids is 3. The molecule has 1 aliphatic heterocycles. The molecule has 0 saturated carbocycles. The van der Waals surface area contributed by atoms with E-state index in [1.165, 1.54) is 0 Å². The lowest BCUT2D eigenvalue weighted by molar-refractivity contribution is -0.123. The number of benzene rings is 1. The minimum atomic E-state index is -0.298. The topological polar surface area (TPSA) is 87.7 Å². The Morgan fingerprint density at radius 2 is 1.90 bits per heavy atom. The number of hydrogen-bond acceptors (Lipinski definition) is 4. The summed E-state index contributed by atoms with van der Waals surface area (Å²) in [6, 6.07) is 5.09. The largest absolute Gasteiger partial charge is 0.450 e. The zero-order chi connectivity index (χ0) is 21.2. The molecule has 0 bridgehead atoms. The van der Waals surface area contributed by atoms with Crippen LogP contribution in [0.5, 0.6) is 0 Å². The van der Waals surface area contributed by atoms with Gasteiger partial charge in [0.25, 0.3) is 0 Å². The van der Waals surface area contributed by atoms with Gasteiger partial charge in [0.15, 0.2) is 0 Å². The number of hydrogen-bond donors (Lipinski definition) is 2. The molecule has 3 amide bonds. The van der Waals surface area contributed by atoms with Crippen LogP contribution in [0.2, 0.25) is 10.0 Å². The summed E-state index contributed by atoms with van der Waals surface area (Å²) in [5, 5.41) is 6.77. The van der Waals surface area contributed by atoms with Gasteiger partial charge in [-0.3, -0.25) is 9.59 Å². The summed E-state index contributed by atoms with van der Waals surface area (Å²) in [5.41, 5.74) is 0.709. The van der Waals surface area contributed by atoms with Gasteiger partial charge in [0.05, 0.1) is 13.0 Å². The number of likely N-dealkylation sites (tertiary alicyclic amines) is 1. The molecular weight excluding hydrogens is 417 g/mol. The van der Waals surface area contributed by atoms with E-state index in [0.29, 0.717) is 67.5 Å². The first-order valence-corrected chi connectivity index (χ1v) is 10.6. The van der Waals surface area contributed by atoms with Crippen molar-refractivity contribution < 1.29 is 19.1 Å². The van der Waals surface area contributed by atoms with Crippen molar-refractivity contribution in [2.24, 2.45) is 0 Å². The Morgan fingerprint density at radius 3 is 2.55 bits per heavy atom. The van der Waals surface area contributed by atoms with Gasteiger partial charge in [0.2, 0.25) is 11.8 Å². The molecule has 0 unspecified atom stereocenters. The Kier molecular flexibility index (Phi) is 9.54. The fraction of sp³-hybridized carbons (Fsp3) is 0.550. The minimum absolute atomic E-state index is 0.0467. The SMILES string of the molecule is CCOC(=O)N1CCC(NC(=O)CCCNC(=O)Cc2ccc(Cl)cc2Cl)CC1. The summed E-state index contributed by atoms with van der Waals surface area (Å²) in [6.07, 6.45) is 2.18. The van der Waals surface area contributed by atoms with Crippen LogP contribution in [0.3, 0.4) is 0 Å². The monoisotopic (exact) mass is 443 g/mol. The molecule has 9 heteroatoms. The van der Waals surface area contributed by atoms with Crippen molar-refractivity contribution in [2.75, 3.05) is 26.2 Å². The molecule has 1 saturated heterocycles. The van der Waals surface area contributed by atoms with Crippen molar-refractivity contribution in [2.45, 2.75) is 45.1 Å². The molecule has 1 aliphatic rings. The third-order valence-corrected chi connectivity index (χ3v) is 5.24. The van der Waals surface area contributed by atoms with Crippen molar-refractivity contribution >= 4 is 41.1 Å². The summed E-state index contributed by atoms with van der Waals surface area (Å²) >= 11 is 11.9. The van der Waals surface area contributed by atoms with E-state index < -0.39 is 0 Å². The average Bonchev–Trinajstić information content (AvgIpc) is 2.68. The van der Waals surface area contributed by atoms with Gasteiger partial charge in [-0.15, -0.1) is 0 Å². The molecule has 2 rings (SSSR count). The van der Waals surface area contributed by atoms with Gasteiger partial charge in [-0.2, -0.15) is 0 Å². The van der Waals surface area contributed by atoms with Crippen molar-refractivity contribution in [3.63, 3.8) is 0 Å². The molecular formula is C20H27Cl2N3O4. The maximum absolute atomic E-state index is 12.1. The summed E-state index contributed by atoms with van der Waals surface area (Å²) in [6.45, 7) is 3.71. The van der Waals surface area contributed by atoms with Gasteiger partial charge in [0.1, 0.15) is 0 Å². The van der Waals surface area contributed by atoms with Crippen molar-refractivity contribution in [1.82, 2.24) is 15.5 Å². The standard InChI is InChI=1S/C20H27Cl2N3O4/c1-2-29-20(28)25-10-7-16(8-11-25)24-18(26)4-3-9-23-19(27)12-14-5-6-15(21)13-17(14)22/h5-6,13,16H,2-4,7-12H2,1H3,(H,23,27)(H,24,26). The van der Waals surface area contributed by atoms with Crippen LogP contribution in [0.1, 0.15) is 38.2 Å². The fourth-order valence-electron chi connectivity index (χ4n) is 3.10. The Balaban J connectivity index is 1.59. The molecule has 1 fully saturated rings. The third-order valence-electron chi connectivity index (χ3n) is 4.65. The second-order valence-electron chi connectivity index (χ2n) is 6.89. The van der Waals surface area contributed by atoms with E-state index in [-0.39, 0.29) is 30.4 Å². The van der Waals surface area contributed by atoms with Gasteiger partial charge < -0.3 is 20.3 Å². The lowest BCUT2D eigenvalue weighted by Crippen LogP contribution is -2.46. The third kappa shape index (κ3) is 8.11. The lowest BCUT2D eigenvalue weighted by Gasteiger charge is -2.31. The van der Waals surface area contributed by atoms with E-state index in [9.17, 15) is 14.4 Å². The highest BCUT2D eigenvalue weighted by atomic mass is 35.5. The molecule has 7 nitrogen and oxygen atoms in total. The van der Waals surface area contributed by atoms with Crippen LogP contribution < -0.4 is 10.6 Å². The molecule has 0 atom stereocenters. The second kappa shape index (κ2) is 11.9. The number of amides is 3. The van der Waals surface area contributed by atoms with Crippen LogP contribution >= 0.6 is 23.2 Å². The van der Waals surface area contributed by atoms with E-state index in [2.05, 4.69) is 10.6 Å². The van der Waals surface area contributed by atoms with Crippen molar-refractivity contribution in [3.8, 4) is 0 Å². The fourth-order valence-corrected chi connectivity index (χ4v) is 3.57. The minimum Gasteiger partial charge on any atom is -0.450 e. The number of nitrogens with zero attached hydrogens (tertiary/aromatic N) is 1. The molecule has 29 heavy (non-hydrogen) atoms. The predicted octanol–water partition coefficient (Wildman–Crippen LogP) is 3.17. The molecule has 1 aromatic carbocycles. The van der Waals surface area contributed by atoms with Gasteiger partial charge in [-0.25, -0.2) is 4.79 Å². The van der Waals surface area contributed by atoms with E-state index in [1.807, 2.05) is 0 Å². The van der Waals surface area contributed by atoms with E-state index >= 15 is 0 Å². The molecule has 2 N–H and O–H groups in total. The van der Waals surface area contributed by atoms with Crippen LogP contribution in [0.25, 0.3) is 0 Å². The molecule has 0 aliphatic carbocycles. The van der Waals surface area contributed by atoms with E-state index in [4.69, 9.17) is 27.9 Å². The number of nitrogens with one attached hydrogen (secondary N) is 2. The smallest absolute Gasteiger partial charge is 0.409 e. The molecule has 1 aromatic rings. The highest BCUT2D eigenvalue weighted by molar-refractivity contribution is 6.35. The zero-order valence-corrected chi connectivity index (χ0v) is 18.0. The molecule has 0 radical (unpaired) electrons. The number of rotatable bonds is 8. The summed E-state index contributed by atoms with van der Waals surface area (Å²) in [4.78, 5) is 37.4. The number of piperidine rings is 1. The van der Waals surface area contributed by atoms with Crippen LogP contribution in [0.4, 0.5) is 4.79 Å². The number of halogens is 2. The van der Waals surface area contributed by atoms with Crippen LogP contribution in [-0.4, -0.2) is 55.1 Å².